The van der Waals surface area contributed by atoms with Gasteiger partial charge in [-0.2, -0.15) is 5.10 Å². The fourth-order valence-electron chi connectivity index (χ4n) is 1.42. The Hall–Kier alpha value is -1.39. The molecule has 0 bridgehead atoms. The van der Waals surface area contributed by atoms with E-state index in [-0.39, 0.29) is 6.61 Å². The van der Waals surface area contributed by atoms with E-state index in [1.54, 1.807) is 10.9 Å². The molecule has 0 aliphatic rings. The van der Waals surface area contributed by atoms with E-state index < -0.39 is 0 Å². The fourth-order valence-corrected chi connectivity index (χ4v) is 1.64. The molecule has 0 spiro atoms. The molecule has 1 heterocycles. The van der Waals surface area contributed by atoms with Crippen LogP contribution in [0.2, 0.25) is 0 Å². The van der Waals surface area contributed by atoms with Crippen molar-refractivity contribution >= 4 is 17.4 Å². The number of rotatable bonds is 4. The number of aliphatic hydroxyl groups excluding tert-OH is 1. The molecule has 0 aliphatic heterocycles. The molecule has 1 rings (SSSR count). The fraction of sp³-hybridized carbons (Fsp3) is 0.429. The molecule has 0 aromatic carbocycles. The molecule has 0 aliphatic carbocycles. The van der Waals surface area contributed by atoms with E-state index in [0.717, 1.165) is 23.3 Å². The van der Waals surface area contributed by atoms with Gasteiger partial charge >= 0.3 is 0 Å². The molecule has 1 aromatic heterocycles. The number of allylic oxidation sites excluding steroid dienone is 3. The SMILES string of the molecule is C\C=C/C(=N\C(Cl)=C(/C)CC)n1cc(CO)c(C)n1. The van der Waals surface area contributed by atoms with Crippen molar-refractivity contribution in [2.24, 2.45) is 4.99 Å². The number of halogens is 1. The van der Waals surface area contributed by atoms with Crippen LogP contribution in [0.5, 0.6) is 0 Å². The van der Waals surface area contributed by atoms with Crippen LogP contribution >= 0.6 is 11.6 Å². The molecule has 1 aromatic rings. The highest BCUT2D eigenvalue weighted by molar-refractivity contribution is 6.30. The van der Waals surface area contributed by atoms with Crippen molar-refractivity contribution < 1.29 is 5.11 Å². The molecular weight excluding hydrogens is 262 g/mol. The summed E-state index contributed by atoms with van der Waals surface area (Å²) < 4.78 is 1.63. The number of hydrogen-bond acceptors (Lipinski definition) is 3. The lowest BCUT2D eigenvalue weighted by Crippen LogP contribution is -2.10. The summed E-state index contributed by atoms with van der Waals surface area (Å²) in [7, 11) is 0. The van der Waals surface area contributed by atoms with Gasteiger partial charge in [0.25, 0.3) is 0 Å². The lowest BCUT2D eigenvalue weighted by atomic mass is 10.2. The summed E-state index contributed by atoms with van der Waals surface area (Å²) in [5.74, 6) is 0.628. The van der Waals surface area contributed by atoms with E-state index in [2.05, 4.69) is 10.1 Å². The van der Waals surface area contributed by atoms with Gasteiger partial charge in [-0.3, -0.25) is 0 Å². The van der Waals surface area contributed by atoms with Gasteiger partial charge in [0, 0.05) is 11.8 Å². The average Bonchev–Trinajstić information content (AvgIpc) is 2.78. The van der Waals surface area contributed by atoms with Gasteiger partial charge in [0.15, 0.2) is 5.84 Å². The molecule has 19 heavy (non-hydrogen) atoms. The van der Waals surface area contributed by atoms with Gasteiger partial charge in [-0.25, -0.2) is 9.67 Å². The minimum Gasteiger partial charge on any atom is -0.392 e. The van der Waals surface area contributed by atoms with Crippen molar-refractivity contribution in [3.63, 3.8) is 0 Å². The van der Waals surface area contributed by atoms with Crippen molar-refractivity contribution in [2.75, 3.05) is 0 Å². The Morgan fingerprint density at radius 2 is 2.26 bits per heavy atom. The predicted octanol–water partition coefficient (Wildman–Crippen LogP) is 3.39. The van der Waals surface area contributed by atoms with Crippen LogP contribution < -0.4 is 0 Å². The zero-order valence-corrected chi connectivity index (χ0v) is 12.6. The van der Waals surface area contributed by atoms with Gasteiger partial charge in [-0.15, -0.1) is 0 Å². The van der Waals surface area contributed by atoms with Crippen LogP contribution in [0.1, 0.15) is 38.4 Å². The average molecular weight is 282 g/mol. The Balaban J connectivity index is 3.24. The molecule has 0 radical (unpaired) electrons. The Bertz CT molecular complexity index is 527. The van der Waals surface area contributed by atoms with Crippen LogP contribution in [0.4, 0.5) is 0 Å². The van der Waals surface area contributed by atoms with E-state index in [1.165, 1.54) is 0 Å². The molecule has 0 unspecified atom stereocenters. The molecular formula is C14H20ClN3O. The number of aryl methyl sites for hydroxylation is 1. The first kappa shape index (κ1) is 15.7. The van der Waals surface area contributed by atoms with Gasteiger partial charge in [0.2, 0.25) is 0 Å². The van der Waals surface area contributed by atoms with Crippen LogP contribution in [0.3, 0.4) is 0 Å². The van der Waals surface area contributed by atoms with Gasteiger partial charge in [0.1, 0.15) is 5.16 Å². The Kier molecular flexibility index (Phi) is 5.99. The third-order valence-electron chi connectivity index (χ3n) is 2.82. The summed E-state index contributed by atoms with van der Waals surface area (Å²) in [6.07, 6.45) is 6.32. The van der Waals surface area contributed by atoms with Gasteiger partial charge in [-0.05, 0) is 38.8 Å². The largest absolute Gasteiger partial charge is 0.392 e. The zero-order valence-electron chi connectivity index (χ0n) is 11.8. The first-order valence-electron chi connectivity index (χ1n) is 6.26. The Morgan fingerprint density at radius 3 is 2.74 bits per heavy atom. The summed E-state index contributed by atoms with van der Waals surface area (Å²) >= 11 is 6.16. The monoisotopic (exact) mass is 281 g/mol. The minimum atomic E-state index is -0.0352. The number of aromatic nitrogens is 2. The molecule has 0 saturated heterocycles. The van der Waals surface area contributed by atoms with Crippen molar-refractivity contribution in [2.45, 2.75) is 40.7 Å². The third kappa shape index (κ3) is 4.04. The van der Waals surface area contributed by atoms with Crippen LogP contribution in [-0.2, 0) is 6.61 Å². The summed E-state index contributed by atoms with van der Waals surface area (Å²) in [6.45, 7) is 7.71. The van der Waals surface area contributed by atoms with Crippen LogP contribution in [0.25, 0.3) is 0 Å². The highest BCUT2D eigenvalue weighted by atomic mass is 35.5. The maximum atomic E-state index is 9.21. The molecule has 0 amide bonds. The van der Waals surface area contributed by atoms with Crippen molar-refractivity contribution in [3.05, 3.63) is 40.3 Å². The molecule has 4 nitrogen and oxygen atoms in total. The topological polar surface area (TPSA) is 50.4 Å². The first-order chi connectivity index (χ1) is 9.03. The van der Waals surface area contributed by atoms with Crippen LogP contribution in [-0.4, -0.2) is 20.7 Å². The molecule has 5 heteroatoms. The van der Waals surface area contributed by atoms with E-state index in [1.807, 2.05) is 39.8 Å². The second-order valence-electron chi connectivity index (χ2n) is 4.24. The number of hydrogen-bond donors (Lipinski definition) is 1. The maximum Gasteiger partial charge on any atom is 0.154 e. The number of aliphatic imine (C=N–C) groups is 1. The number of nitrogens with zero attached hydrogens (tertiary/aromatic N) is 3. The highest BCUT2D eigenvalue weighted by Gasteiger charge is 2.07. The first-order valence-corrected chi connectivity index (χ1v) is 6.64. The van der Waals surface area contributed by atoms with E-state index in [4.69, 9.17) is 11.6 Å². The lowest BCUT2D eigenvalue weighted by molar-refractivity contribution is 0.281. The minimum absolute atomic E-state index is 0.0352. The van der Waals surface area contributed by atoms with Crippen molar-refractivity contribution in [3.8, 4) is 0 Å². The standard InChI is InChI=1S/C14H20ClN3O/c1-5-7-13(16-14(15)10(3)6-2)18-8-12(9-19)11(4)17-18/h5,7-8,19H,6,9H2,1-4H3/b7-5-,14-10+,16-13+. The molecule has 0 atom stereocenters. The second kappa shape index (κ2) is 7.26. The summed E-state index contributed by atoms with van der Waals surface area (Å²) in [5.41, 5.74) is 2.59. The quantitative estimate of drug-likeness (QED) is 0.522. The smallest absolute Gasteiger partial charge is 0.154 e. The predicted molar refractivity (Wildman–Crippen MR) is 79.4 cm³/mol. The summed E-state index contributed by atoms with van der Waals surface area (Å²) in [5, 5.41) is 14.0. The lowest BCUT2D eigenvalue weighted by Gasteiger charge is -2.03. The van der Waals surface area contributed by atoms with Gasteiger partial charge < -0.3 is 5.11 Å². The van der Waals surface area contributed by atoms with E-state index in [9.17, 15) is 5.11 Å². The summed E-state index contributed by atoms with van der Waals surface area (Å²) in [4.78, 5) is 4.39. The van der Waals surface area contributed by atoms with Crippen molar-refractivity contribution in [1.29, 1.82) is 0 Å². The van der Waals surface area contributed by atoms with E-state index in [0.29, 0.717) is 11.0 Å². The van der Waals surface area contributed by atoms with Crippen molar-refractivity contribution in [1.82, 2.24) is 9.78 Å². The Morgan fingerprint density at radius 1 is 1.58 bits per heavy atom. The van der Waals surface area contributed by atoms with Crippen LogP contribution in [0, 0.1) is 6.92 Å². The van der Waals surface area contributed by atoms with Gasteiger partial charge in [-0.1, -0.05) is 24.6 Å². The van der Waals surface area contributed by atoms with Gasteiger partial charge in [0.05, 0.1) is 12.3 Å². The third-order valence-corrected chi connectivity index (χ3v) is 3.22. The Labute approximate surface area is 119 Å². The normalized spacial score (nSPS) is 14.1. The molecule has 0 saturated carbocycles. The maximum absolute atomic E-state index is 9.21. The second-order valence-corrected chi connectivity index (χ2v) is 4.60. The summed E-state index contributed by atoms with van der Waals surface area (Å²) in [6, 6.07) is 0. The number of aliphatic hydroxyl groups is 1. The highest BCUT2D eigenvalue weighted by Crippen LogP contribution is 2.15. The molecule has 0 fully saturated rings. The zero-order chi connectivity index (χ0) is 14.4. The molecule has 104 valence electrons. The van der Waals surface area contributed by atoms with E-state index >= 15 is 0 Å². The van der Waals surface area contributed by atoms with Crippen LogP contribution in [0.15, 0.2) is 34.1 Å². The molecule has 1 N–H and O–H groups in total.